The van der Waals surface area contributed by atoms with Crippen molar-refractivity contribution in [2.24, 2.45) is 0 Å². The molecule has 0 atom stereocenters. The summed E-state index contributed by atoms with van der Waals surface area (Å²) >= 11 is 0. The van der Waals surface area contributed by atoms with Crippen LogP contribution in [0, 0.1) is 6.92 Å². The van der Waals surface area contributed by atoms with Crippen molar-refractivity contribution in [3.05, 3.63) is 64.7 Å². The maximum absolute atomic E-state index is 12.7. The van der Waals surface area contributed by atoms with Crippen molar-refractivity contribution in [1.82, 2.24) is 34.4 Å². The van der Waals surface area contributed by atoms with Crippen LogP contribution < -0.4 is 10.9 Å². The van der Waals surface area contributed by atoms with Crippen LogP contribution in [0.5, 0.6) is 0 Å². The van der Waals surface area contributed by atoms with Gasteiger partial charge >= 0.3 is 0 Å². The number of carbonyl (C=O) groups excluding carboxylic acids is 1. The Kier molecular flexibility index (Phi) is 3.88. The van der Waals surface area contributed by atoms with Crippen LogP contribution in [0.15, 0.2) is 47.7 Å². The molecule has 0 aliphatic carbocycles. The molecule has 0 unspecified atom stereocenters. The lowest BCUT2D eigenvalue weighted by Gasteiger charge is -2.08. The third-order valence-electron chi connectivity index (χ3n) is 3.92. The fraction of sp³-hybridized carbons (Fsp3) is 0.176. The molecule has 0 fully saturated rings. The first-order valence-corrected chi connectivity index (χ1v) is 8.00. The fourth-order valence-corrected chi connectivity index (χ4v) is 2.69. The van der Waals surface area contributed by atoms with Crippen molar-refractivity contribution >= 4 is 22.6 Å². The van der Waals surface area contributed by atoms with Crippen LogP contribution in [0.25, 0.3) is 16.7 Å². The predicted molar refractivity (Wildman–Crippen MR) is 93.4 cm³/mol. The molecule has 4 rings (SSSR count). The molecule has 26 heavy (non-hydrogen) atoms. The van der Waals surface area contributed by atoms with E-state index in [1.54, 1.807) is 25.4 Å². The minimum atomic E-state index is -0.307. The van der Waals surface area contributed by atoms with Gasteiger partial charge in [-0.15, -0.1) is 5.10 Å². The number of hydrogen-bond acceptors (Lipinski definition) is 6. The molecule has 0 bridgehead atoms. The monoisotopic (exact) mass is 349 g/mol. The van der Waals surface area contributed by atoms with Crippen LogP contribution >= 0.6 is 0 Å². The molecule has 4 aromatic heterocycles. The predicted octanol–water partition coefficient (Wildman–Crippen LogP) is 0.459. The average Bonchev–Trinajstić information content (AvgIpc) is 3.04. The molecular weight excluding hydrogens is 334 g/mol. The molecule has 0 aliphatic heterocycles. The fourth-order valence-electron chi connectivity index (χ4n) is 2.69. The van der Waals surface area contributed by atoms with E-state index in [9.17, 15) is 9.59 Å². The van der Waals surface area contributed by atoms with Gasteiger partial charge in [-0.2, -0.15) is 9.50 Å². The average molecular weight is 349 g/mol. The second-order valence-corrected chi connectivity index (χ2v) is 5.77. The summed E-state index contributed by atoms with van der Waals surface area (Å²) < 4.78 is 2.87. The van der Waals surface area contributed by atoms with Crippen LogP contribution in [-0.2, 0) is 17.9 Å². The Bertz CT molecular complexity index is 1160. The number of nitrogens with one attached hydrogen (secondary N) is 1. The minimum Gasteiger partial charge on any atom is -0.349 e. The molecule has 0 spiro atoms. The van der Waals surface area contributed by atoms with E-state index in [1.807, 2.05) is 18.2 Å². The van der Waals surface area contributed by atoms with Gasteiger partial charge in [0.25, 0.3) is 11.3 Å². The van der Waals surface area contributed by atoms with E-state index in [-0.39, 0.29) is 18.0 Å². The van der Waals surface area contributed by atoms with Gasteiger partial charge in [0.1, 0.15) is 12.4 Å². The zero-order chi connectivity index (χ0) is 18.1. The summed E-state index contributed by atoms with van der Waals surface area (Å²) in [5.74, 6) is 0.728. The Morgan fingerprint density at radius 1 is 1.23 bits per heavy atom. The van der Waals surface area contributed by atoms with Crippen molar-refractivity contribution in [3.8, 4) is 0 Å². The number of nitrogens with zero attached hydrogens (tertiary/aromatic N) is 6. The molecule has 9 heteroatoms. The molecule has 130 valence electrons. The summed E-state index contributed by atoms with van der Waals surface area (Å²) in [6, 6.07) is 7.20. The number of carbonyl (C=O) groups is 1. The first-order chi connectivity index (χ1) is 12.6. The van der Waals surface area contributed by atoms with Gasteiger partial charge in [-0.1, -0.05) is 6.07 Å². The summed E-state index contributed by atoms with van der Waals surface area (Å²) in [5.41, 5.74) is 1.05. The highest BCUT2D eigenvalue weighted by atomic mass is 16.2. The summed E-state index contributed by atoms with van der Waals surface area (Å²) in [5, 5.41) is 7.37. The highest BCUT2D eigenvalue weighted by Crippen LogP contribution is 2.10. The Morgan fingerprint density at radius 2 is 2.12 bits per heavy atom. The highest BCUT2D eigenvalue weighted by molar-refractivity contribution is 5.80. The molecule has 0 aliphatic rings. The number of hydrogen-bond donors (Lipinski definition) is 1. The van der Waals surface area contributed by atoms with Crippen LogP contribution in [0.4, 0.5) is 0 Å². The lowest BCUT2D eigenvalue weighted by atomic mass is 10.3. The van der Waals surface area contributed by atoms with Crippen LogP contribution in [0.3, 0.4) is 0 Å². The molecule has 4 heterocycles. The van der Waals surface area contributed by atoms with Gasteiger partial charge in [0, 0.05) is 18.6 Å². The zero-order valence-electron chi connectivity index (χ0n) is 14.0. The lowest BCUT2D eigenvalue weighted by molar-refractivity contribution is -0.121. The first kappa shape index (κ1) is 15.9. The van der Waals surface area contributed by atoms with E-state index >= 15 is 0 Å². The molecule has 0 saturated carbocycles. The Hall–Kier alpha value is -3.62. The number of aryl methyl sites for hydroxylation is 1. The third kappa shape index (κ3) is 2.90. The summed E-state index contributed by atoms with van der Waals surface area (Å²) in [7, 11) is 0. The maximum atomic E-state index is 12.7. The molecule has 0 saturated heterocycles. The van der Waals surface area contributed by atoms with E-state index in [0.29, 0.717) is 29.0 Å². The smallest absolute Gasteiger partial charge is 0.262 e. The van der Waals surface area contributed by atoms with Gasteiger partial charge in [-0.25, -0.2) is 4.98 Å². The van der Waals surface area contributed by atoms with Gasteiger partial charge in [-0.05, 0) is 25.1 Å². The number of pyridine rings is 2. The molecule has 1 amide bonds. The Labute approximate surface area is 147 Å². The standard InChI is InChI=1S/C17H15N7O2/c1-11-21-17-20-9-13-14(24(17)22-11)5-7-23(16(13)26)10-15(25)19-8-12-4-2-3-6-18-12/h2-7,9H,8,10H2,1H3,(H,19,25). The molecule has 0 aromatic carbocycles. The number of rotatable bonds is 4. The molecule has 1 N–H and O–H groups in total. The zero-order valence-corrected chi connectivity index (χ0v) is 14.0. The van der Waals surface area contributed by atoms with Gasteiger partial charge in [0.05, 0.1) is 23.1 Å². The van der Waals surface area contributed by atoms with E-state index in [2.05, 4.69) is 25.4 Å². The van der Waals surface area contributed by atoms with E-state index in [4.69, 9.17) is 0 Å². The largest absolute Gasteiger partial charge is 0.349 e. The summed E-state index contributed by atoms with van der Waals surface area (Å²) in [6.45, 7) is 1.98. The van der Waals surface area contributed by atoms with Crippen LogP contribution in [0.1, 0.15) is 11.5 Å². The van der Waals surface area contributed by atoms with Gasteiger partial charge in [0.15, 0.2) is 0 Å². The summed E-state index contributed by atoms with van der Waals surface area (Å²) in [6.07, 6.45) is 4.69. The quantitative estimate of drug-likeness (QED) is 0.573. The van der Waals surface area contributed by atoms with E-state index in [0.717, 1.165) is 5.69 Å². The van der Waals surface area contributed by atoms with E-state index in [1.165, 1.54) is 15.3 Å². The van der Waals surface area contributed by atoms with Gasteiger partial charge < -0.3 is 9.88 Å². The van der Waals surface area contributed by atoms with Crippen molar-refractivity contribution in [1.29, 1.82) is 0 Å². The normalized spacial score (nSPS) is 11.1. The van der Waals surface area contributed by atoms with Gasteiger partial charge in [0.2, 0.25) is 5.91 Å². The maximum Gasteiger partial charge on any atom is 0.262 e. The van der Waals surface area contributed by atoms with Crippen molar-refractivity contribution in [3.63, 3.8) is 0 Å². The van der Waals surface area contributed by atoms with Crippen molar-refractivity contribution in [2.75, 3.05) is 0 Å². The SMILES string of the molecule is Cc1nc2ncc3c(=O)n(CC(=O)NCc4ccccn4)ccc3n2n1. The third-order valence-corrected chi connectivity index (χ3v) is 3.92. The second kappa shape index (κ2) is 6.36. The molecule has 9 nitrogen and oxygen atoms in total. The van der Waals surface area contributed by atoms with Crippen LogP contribution in [0.2, 0.25) is 0 Å². The van der Waals surface area contributed by atoms with Crippen molar-refractivity contribution in [2.45, 2.75) is 20.0 Å². The molecule has 4 aromatic rings. The van der Waals surface area contributed by atoms with Crippen molar-refractivity contribution < 1.29 is 4.79 Å². The minimum absolute atomic E-state index is 0.0873. The molecule has 0 radical (unpaired) electrons. The van der Waals surface area contributed by atoms with E-state index < -0.39 is 0 Å². The number of amides is 1. The summed E-state index contributed by atoms with van der Waals surface area (Å²) in [4.78, 5) is 37.3. The van der Waals surface area contributed by atoms with Crippen LogP contribution in [-0.4, -0.2) is 35.0 Å². The second-order valence-electron chi connectivity index (χ2n) is 5.77. The highest BCUT2D eigenvalue weighted by Gasteiger charge is 2.11. The number of aromatic nitrogens is 6. The lowest BCUT2D eigenvalue weighted by Crippen LogP contribution is -2.32. The van der Waals surface area contributed by atoms with Gasteiger partial charge in [-0.3, -0.25) is 14.6 Å². The number of fused-ring (bicyclic) bond motifs is 3. The first-order valence-electron chi connectivity index (χ1n) is 8.00. The topological polar surface area (TPSA) is 107 Å². The molecular formula is C17H15N7O2. The Morgan fingerprint density at radius 3 is 2.92 bits per heavy atom. The Balaban J connectivity index is 1.58.